The van der Waals surface area contributed by atoms with Crippen LogP contribution in [0.15, 0.2) is 91.5 Å². The third kappa shape index (κ3) is 6.75. The molecule has 0 fully saturated rings. The van der Waals surface area contributed by atoms with Crippen LogP contribution >= 0.6 is 0 Å². The molecule has 0 aliphatic heterocycles. The highest BCUT2D eigenvalue weighted by atomic mass is 19.1. The van der Waals surface area contributed by atoms with Crippen molar-refractivity contribution in [3.63, 3.8) is 0 Å². The second kappa shape index (κ2) is 12.6. The van der Waals surface area contributed by atoms with Crippen LogP contribution in [0.1, 0.15) is 66.0 Å². The summed E-state index contributed by atoms with van der Waals surface area (Å²) in [5.41, 5.74) is 5.85. The van der Waals surface area contributed by atoms with Crippen LogP contribution in [0.2, 0.25) is 0 Å². The number of hydrogen-bond donors (Lipinski definition) is 0. The Kier molecular flexibility index (Phi) is 8.75. The van der Waals surface area contributed by atoms with E-state index in [1.807, 2.05) is 60.7 Å². The zero-order valence-corrected chi connectivity index (χ0v) is 20.9. The largest absolute Gasteiger partial charge is 0.206 e. The molecule has 4 aromatic carbocycles. The summed E-state index contributed by atoms with van der Waals surface area (Å²) >= 11 is 0. The minimum Gasteiger partial charge on any atom is -0.206 e. The van der Waals surface area contributed by atoms with E-state index >= 15 is 0 Å². The van der Waals surface area contributed by atoms with Crippen molar-refractivity contribution in [3.05, 3.63) is 131 Å². The highest BCUT2D eigenvalue weighted by Crippen LogP contribution is 2.23. The van der Waals surface area contributed by atoms with Crippen molar-refractivity contribution in [2.24, 2.45) is 0 Å². The first-order chi connectivity index (χ1) is 17.7. The number of unbranched alkanes of at least 4 members (excludes halogenated alkanes) is 2. The van der Waals surface area contributed by atoms with Crippen LogP contribution < -0.4 is 0 Å². The van der Waals surface area contributed by atoms with E-state index in [1.54, 1.807) is 0 Å². The summed E-state index contributed by atoms with van der Waals surface area (Å²) < 4.78 is 14.9. The van der Waals surface area contributed by atoms with Gasteiger partial charge in [0.1, 0.15) is 5.82 Å². The Labute approximate surface area is 214 Å². The molecule has 0 saturated carbocycles. The van der Waals surface area contributed by atoms with Crippen molar-refractivity contribution in [1.29, 1.82) is 0 Å². The summed E-state index contributed by atoms with van der Waals surface area (Å²) in [5, 5.41) is 1.56. The molecule has 4 rings (SSSR count). The number of benzene rings is 4. The zero-order chi connectivity index (χ0) is 25.2. The zero-order valence-electron chi connectivity index (χ0n) is 20.9. The molecule has 178 valence electrons. The average molecular weight is 471 g/mol. The fourth-order valence-electron chi connectivity index (χ4n) is 4.12. The lowest BCUT2D eigenvalue weighted by molar-refractivity contribution is 0.609. The molecule has 0 aliphatic rings. The summed E-state index contributed by atoms with van der Waals surface area (Å²) in [6.07, 6.45) is 8.02. The standard InChI is InChI=1S/C35H31F/c1-3-5-7-9-32-23-24-33-26-31(22-25-34(33)35(32)36)21-20-30-18-16-29(17-19-30)15-14-28-12-10-27(11-13-28)8-6-4-2/h4,10-13,16-19,22-26H,2-3,5-9H2,1H3. The molecule has 0 nitrogen and oxygen atoms in total. The van der Waals surface area contributed by atoms with Gasteiger partial charge >= 0.3 is 0 Å². The Morgan fingerprint density at radius 3 is 1.89 bits per heavy atom. The van der Waals surface area contributed by atoms with Crippen LogP contribution in [0.3, 0.4) is 0 Å². The van der Waals surface area contributed by atoms with Gasteiger partial charge in [-0.2, -0.15) is 0 Å². The van der Waals surface area contributed by atoms with Crippen LogP contribution in [-0.2, 0) is 12.8 Å². The summed E-state index contributed by atoms with van der Waals surface area (Å²) in [4.78, 5) is 0. The van der Waals surface area contributed by atoms with E-state index in [9.17, 15) is 4.39 Å². The Morgan fingerprint density at radius 1 is 0.694 bits per heavy atom. The Bertz CT molecular complexity index is 1450. The Morgan fingerprint density at radius 2 is 1.28 bits per heavy atom. The van der Waals surface area contributed by atoms with Gasteiger partial charge in [-0.3, -0.25) is 0 Å². The van der Waals surface area contributed by atoms with Gasteiger partial charge in [-0.1, -0.05) is 79.9 Å². The summed E-state index contributed by atoms with van der Waals surface area (Å²) in [5.74, 6) is 12.8. The third-order valence-electron chi connectivity index (χ3n) is 6.26. The van der Waals surface area contributed by atoms with E-state index in [2.05, 4.69) is 61.4 Å². The number of fused-ring (bicyclic) bond motifs is 1. The lowest BCUT2D eigenvalue weighted by atomic mass is 10.00. The van der Waals surface area contributed by atoms with Gasteiger partial charge in [-0.25, -0.2) is 4.39 Å². The van der Waals surface area contributed by atoms with E-state index in [-0.39, 0.29) is 5.82 Å². The maximum absolute atomic E-state index is 14.9. The third-order valence-corrected chi connectivity index (χ3v) is 6.26. The molecule has 1 heteroatoms. The molecule has 36 heavy (non-hydrogen) atoms. The molecule has 4 aromatic rings. The minimum atomic E-state index is -0.0940. The Hall–Kier alpha value is -4.07. The number of hydrogen-bond acceptors (Lipinski definition) is 0. The van der Waals surface area contributed by atoms with E-state index in [4.69, 9.17) is 0 Å². The molecule has 0 saturated heterocycles. The van der Waals surface area contributed by atoms with Gasteiger partial charge in [0.25, 0.3) is 0 Å². The monoisotopic (exact) mass is 470 g/mol. The molecule has 0 aliphatic carbocycles. The van der Waals surface area contributed by atoms with Crippen LogP contribution in [0.4, 0.5) is 4.39 Å². The first kappa shape index (κ1) is 25.0. The predicted octanol–water partition coefficient (Wildman–Crippen LogP) is 8.63. The minimum absolute atomic E-state index is 0.0940. The molecular formula is C35H31F. The van der Waals surface area contributed by atoms with E-state index in [0.717, 1.165) is 71.7 Å². The van der Waals surface area contributed by atoms with Gasteiger partial charge in [-0.15, -0.1) is 6.58 Å². The predicted molar refractivity (Wildman–Crippen MR) is 150 cm³/mol. The highest BCUT2D eigenvalue weighted by molar-refractivity contribution is 5.85. The molecule has 0 aromatic heterocycles. The van der Waals surface area contributed by atoms with Gasteiger partial charge in [0.2, 0.25) is 0 Å². The van der Waals surface area contributed by atoms with Gasteiger partial charge in [0, 0.05) is 27.6 Å². The van der Waals surface area contributed by atoms with Gasteiger partial charge in [-0.05, 0) is 90.7 Å². The fourth-order valence-corrected chi connectivity index (χ4v) is 4.12. The number of rotatable bonds is 7. The maximum atomic E-state index is 14.9. The topological polar surface area (TPSA) is 0 Å². The molecule has 0 atom stereocenters. The molecule has 0 N–H and O–H groups in total. The van der Waals surface area contributed by atoms with Gasteiger partial charge < -0.3 is 0 Å². The van der Waals surface area contributed by atoms with Crippen molar-refractivity contribution >= 4 is 10.8 Å². The first-order valence-corrected chi connectivity index (χ1v) is 12.7. The average Bonchev–Trinajstić information content (AvgIpc) is 2.92. The second-order valence-electron chi connectivity index (χ2n) is 9.03. The van der Waals surface area contributed by atoms with Crippen molar-refractivity contribution in [1.82, 2.24) is 0 Å². The molecule has 0 spiro atoms. The summed E-state index contributed by atoms with van der Waals surface area (Å²) in [7, 11) is 0. The molecular weight excluding hydrogens is 439 g/mol. The van der Waals surface area contributed by atoms with E-state index in [0.29, 0.717) is 5.39 Å². The normalized spacial score (nSPS) is 10.3. The van der Waals surface area contributed by atoms with Crippen molar-refractivity contribution in [3.8, 4) is 23.7 Å². The van der Waals surface area contributed by atoms with E-state index in [1.165, 1.54) is 5.56 Å². The first-order valence-electron chi connectivity index (χ1n) is 12.7. The molecule has 0 bridgehead atoms. The molecule has 0 radical (unpaired) electrons. The second-order valence-corrected chi connectivity index (χ2v) is 9.03. The quantitative estimate of drug-likeness (QED) is 0.144. The van der Waals surface area contributed by atoms with Crippen LogP contribution in [0.25, 0.3) is 10.8 Å². The van der Waals surface area contributed by atoms with E-state index < -0.39 is 0 Å². The molecule has 0 heterocycles. The van der Waals surface area contributed by atoms with Crippen molar-refractivity contribution < 1.29 is 4.39 Å². The number of allylic oxidation sites excluding steroid dienone is 1. The SMILES string of the molecule is C=CCCc1ccc(C#Cc2ccc(C#Cc3ccc4c(F)c(CCCCC)ccc4c3)cc2)cc1. The number of halogens is 1. The molecule has 0 unspecified atom stereocenters. The number of aryl methyl sites for hydroxylation is 2. The molecule has 0 amide bonds. The Balaban J connectivity index is 1.42. The van der Waals surface area contributed by atoms with Crippen LogP contribution in [-0.4, -0.2) is 0 Å². The highest BCUT2D eigenvalue weighted by Gasteiger charge is 2.07. The maximum Gasteiger partial charge on any atom is 0.134 e. The van der Waals surface area contributed by atoms with Gasteiger partial charge in [0.15, 0.2) is 0 Å². The summed E-state index contributed by atoms with van der Waals surface area (Å²) in [6.45, 7) is 5.93. The van der Waals surface area contributed by atoms with Crippen LogP contribution in [0, 0.1) is 29.5 Å². The summed E-state index contributed by atoms with van der Waals surface area (Å²) in [6, 6.07) is 26.0. The van der Waals surface area contributed by atoms with Gasteiger partial charge in [0.05, 0.1) is 0 Å². The smallest absolute Gasteiger partial charge is 0.134 e. The lowest BCUT2D eigenvalue weighted by Gasteiger charge is -2.07. The fraction of sp³-hybridized carbons (Fsp3) is 0.200. The lowest BCUT2D eigenvalue weighted by Crippen LogP contribution is -1.93. The van der Waals surface area contributed by atoms with Crippen molar-refractivity contribution in [2.45, 2.75) is 45.4 Å². The van der Waals surface area contributed by atoms with Crippen molar-refractivity contribution in [2.75, 3.05) is 0 Å². The van der Waals surface area contributed by atoms with Crippen LogP contribution in [0.5, 0.6) is 0 Å².